The Morgan fingerprint density at radius 3 is 2.58 bits per heavy atom. The van der Waals surface area contributed by atoms with Crippen molar-refractivity contribution < 1.29 is 14.3 Å². The Kier molecular flexibility index (Phi) is 10.5. The maximum Gasteiger partial charge on any atom is 0.322 e. The number of ether oxygens (including phenoxy) is 1. The van der Waals surface area contributed by atoms with Crippen LogP contribution < -0.4 is 10.6 Å². The summed E-state index contributed by atoms with van der Waals surface area (Å²) in [6.07, 6.45) is 4.43. The van der Waals surface area contributed by atoms with Crippen molar-refractivity contribution >= 4 is 29.0 Å². The van der Waals surface area contributed by atoms with Gasteiger partial charge in [0.15, 0.2) is 0 Å². The van der Waals surface area contributed by atoms with Gasteiger partial charge in [-0.05, 0) is 31.4 Å². The van der Waals surface area contributed by atoms with Crippen LogP contribution in [0.25, 0.3) is 0 Å². The van der Waals surface area contributed by atoms with E-state index < -0.39 is 0 Å². The lowest BCUT2D eigenvalue weighted by molar-refractivity contribution is 0.0948. The molecule has 2 N–H and O–H groups in total. The van der Waals surface area contributed by atoms with Gasteiger partial charge in [-0.25, -0.2) is 9.78 Å². The van der Waals surface area contributed by atoms with Gasteiger partial charge in [0.05, 0.1) is 13.2 Å². The van der Waals surface area contributed by atoms with Crippen molar-refractivity contribution in [2.45, 2.75) is 53.0 Å². The van der Waals surface area contributed by atoms with E-state index >= 15 is 0 Å². The van der Waals surface area contributed by atoms with Crippen molar-refractivity contribution in [2.24, 2.45) is 0 Å². The summed E-state index contributed by atoms with van der Waals surface area (Å²) in [5.74, 6) is -0.164. The molecular formula is C23H34N4O3S. The van der Waals surface area contributed by atoms with Crippen molar-refractivity contribution in [2.75, 3.05) is 32.1 Å². The molecule has 3 amide bonds. The van der Waals surface area contributed by atoms with E-state index in [1.165, 1.54) is 24.2 Å². The standard InChI is InChI=1S/C23H34N4O3S/c1-5-6-7-8-12-24-22(28)19-16-31-20(25-19)15-27(13-14-30-4)23(29)26-21-17(2)10-9-11-18(21)3/h9-11,16H,5-8,12-15H2,1-4H3,(H,24,28)(H,26,29). The smallest absolute Gasteiger partial charge is 0.322 e. The number of para-hydroxylation sites is 1. The maximum atomic E-state index is 13.0. The summed E-state index contributed by atoms with van der Waals surface area (Å²) in [6, 6.07) is 5.69. The number of nitrogens with one attached hydrogen (secondary N) is 2. The zero-order valence-corrected chi connectivity index (χ0v) is 19.8. The lowest BCUT2D eigenvalue weighted by Gasteiger charge is -2.23. The van der Waals surface area contributed by atoms with E-state index in [1.807, 2.05) is 32.0 Å². The third kappa shape index (κ3) is 7.95. The maximum absolute atomic E-state index is 13.0. The average Bonchev–Trinajstić information content (AvgIpc) is 3.22. The lowest BCUT2D eigenvalue weighted by Crippen LogP contribution is -2.37. The van der Waals surface area contributed by atoms with Crippen LogP contribution in [0.5, 0.6) is 0 Å². The van der Waals surface area contributed by atoms with Crippen molar-refractivity contribution in [3.63, 3.8) is 0 Å². The number of hydrogen-bond acceptors (Lipinski definition) is 5. The summed E-state index contributed by atoms with van der Waals surface area (Å²) < 4.78 is 5.17. The predicted molar refractivity (Wildman–Crippen MR) is 126 cm³/mol. The molecule has 1 aromatic heterocycles. The van der Waals surface area contributed by atoms with Crippen LogP contribution in [0.2, 0.25) is 0 Å². The molecule has 1 heterocycles. The summed E-state index contributed by atoms with van der Waals surface area (Å²) in [6.45, 7) is 7.90. The van der Waals surface area contributed by atoms with Gasteiger partial charge >= 0.3 is 6.03 Å². The lowest BCUT2D eigenvalue weighted by atomic mass is 10.1. The van der Waals surface area contributed by atoms with Gasteiger partial charge in [-0.2, -0.15) is 0 Å². The molecule has 2 rings (SSSR count). The largest absolute Gasteiger partial charge is 0.383 e. The zero-order chi connectivity index (χ0) is 22.6. The fourth-order valence-electron chi connectivity index (χ4n) is 3.15. The number of aromatic nitrogens is 1. The van der Waals surface area contributed by atoms with E-state index in [4.69, 9.17) is 4.74 Å². The molecule has 1 aromatic carbocycles. The second kappa shape index (κ2) is 13.1. The van der Waals surface area contributed by atoms with Gasteiger partial charge < -0.3 is 20.3 Å². The van der Waals surface area contributed by atoms with E-state index in [-0.39, 0.29) is 11.9 Å². The number of methoxy groups -OCH3 is 1. The van der Waals surface area contributed by atoms with Gasteiger partial charge in [0.1, 0.15) is 10.7 Å². The van der Waals surface area contributed by atoms with Crippen molar-refractivity contribution in [3.8, 4) is 0 Å². The molecule has 0 bridgehead atoms. The Morgan fingerprint density at radius 2 is 1.90 bits per heavy atom. The number of amides is 3. The Bertz CT molecular complexity index is 833. The van der Waals surface area contributed by atoms with Crippen LogP contribution in [0.15, 0.2) is 23.6 Å². The Morgan fingerprint density at radius 1 is 1.16 bits per heavy atom. The fraction of sp³-hybridized carbons (Fsp3) is 0.522. The van der Waals surface area contributed by atoms with Gasteiger partial charge in [-0.3, -0.25) is 4.79 Å². The molecule has 0 fully saturated rings. The first kappa shape index (κ1) is 24.8. The SMILES string of the molecule is CCCCCCNC(=O)c1csc(CN(CCOC)C(=O)Nc2c(C)cccc2C)n1. The van der Waals surface area contributed by atoms with Crippen LogP contribution in [-0.4, -0.2) is 48.6 Å². The van der Waals surface area contributed by atoms with Gasteiger partial charge in [-0.1, -0.05) is 44.4 Å². The summed E-state index contributed by atoms with van der Waals surface area (Å²) in [5, 5.41) is 8.39. The normalized spacial score (nSPS) is 10.7. The Balaban J connectivity index is 1.99. The molecule has 31 heavy (non-hydrogen) atoms. The van der Waals surface area contributed by atoms with E-state index in [1.54, 1.807) is 17.4 Å². The van der Waals surface area contributed by atoms with Crippen LogP contribution in [0.4, 0.5) is 10.5 Å². The van der Waals surface area contributed by atoms with Gasteiger partial charge in [-0.15, -0.1) is 11.3 Å². The summed E-state index contributed by atoms with van der Waals surface area (Å²) in [7, 11) is 1.61. The molecular weight excluding hydrogens is 412 g/mol. The van der Waals surface area contributed by atoms with Gasteiger partial charge in [0.25, 0.3) is 5.91 Å². The summed E-state index contributed by atoms with van der Waals surface area (Å²) in [5.41, 5.74) is 3.23. The third-order valence-electron chi connectivity index (χ3n) is 4.99. The quantitative estimate of drug-likeness (QED) is 0.461. The average molecular weight is 447 g/mol. The number of hydrogen-bond donors (Lipinski definition) is 2. The van der Waals surface area contributed by atoms with Crippen LogP contribution in [0.3, 0.4) is 0 Å². The number of unbranched alkanes of at least 4 members (excludes halogenated alkanes) is 3. The minimum atomic E-state index is -0.216. The number of thiazole rings is 1. The molecule has 170 valence electrons. The molecule has 0 spiro atoms. The molecule has 0 saturated carbocycles. The molecule has 8 heteroatoms. The van der Waals surface area contributed by atoms with Gasteiger partial charge in [0.2, 0.25) is 0 Å². The molecule has 0 aliphatic heterocycles. The van der Waals surface area contributed by atoms with Crippen LogP contribution in [0.1, 0.15) is 59.2 Å². The summed E-state index contributed by atoms with van der Waals surface area (Å²) >= 11 is 1.38. The predicted octanol–water partition coefficient (Wildman–Crippen LogP) is 4.75. The highest BCUT2D eigenvalue weighted by Crippen LogP contribution is 2.21. The molecule has 0 aliphatic rings. The minimum Gasteiger partial charge on any atom is -0.383 e. The molecule has 2 aromatic rings. The molecule has 7 nitrogen and oxygen atoms in total. The number of benzene rings is 1. The van der Waals surface area contributed by atoms with Crippen LogP contribution in [-0.2, 0) is 11.3 Å². The summed E-state index contributed by atoms with van der Waals surface area (Å²) in [4.78, 5) is 31.4. The Hall–Kier alpha value is -2.45. The molecule has 0 atom stereocenters. The topological polar surface area (TPSA) is 83.6 Å². The molecule has 0 aliphatic carbocycles. The van der Waals surface area contributed by atoms with Crippen molar-refractivity contribution in [1.29, 1.82) is 0 Å². The first-order chi connectivity index (χ1) is 15.0. The van der Waals surface area contributed by atoms with Crippen LogP contribution >= 0.6 is 11.3 Å². The zero-order valence-electron chi connectivity index (χ0n) is 19.0. The highest BCUT2D eigenvalue weighted by molar-refractivity contribution is 7.09. The number of anilines is 1. The third-order valence-corrected chi connectivity index (χ3v) is 5.83. The Labute approximate surface area is 189 Å². The van der Waals surface area contributed by atoms with Gasteiger partial charge in [0, 0.05) is 31.3 Å². The number of rotatable bonds is 12. The molecule has 0 unspecified atom stereocenters. The number of carbonyl (C=O) groups excluding carboxylic acids is 2. The number of carbonyl (C=O) groups is 2. The number of aryl methyl sites for hydroxylation is 2. The molecule has 0 saturated heterocycles. The van der Waals surface area contributed by atoms with Crippen LogP contribution in [0, 0.1) is 13.8 Å². The first-order valence-corrected chi connectivity index (χ1v) is 11.7. The second-order valence-corrected chi connectivity index (χ2v) is 8.50. The fourth-order valence-corrected chi connectivity index (χ4v) is 3.94. The highest BCUT2D eigenvalue weighted by Gasteiger charge is 2.18. The van der Waals surface area contributed by atoms with E-state index in [0.717, 1.165) is 29.7 Å². The first-order valence-electron chi connectivity index (χ1n) is 10.8. The number of nitrogens with zero attached hydrogens (tertiary/aromatic N) is 2. The monoisotopic (exact) mass is 446 g/mol. The second-order valence-electron chi connectivity index (χ2n) is 7.55. The van der Waals surface area contributed by atoms with E-state index in [0.29, 0.717) is 36.9 Å². The van der Waals surface area contributed by atoms with E-state index in [9.17, 15) is 9.59 Å². The van der Waals surface area contributed by atoms with Crippen molar-refractivity contribution in [3.05, 3.63) is 45.4 Å². The number of urea groups is 1. The molecule has 0 radical (unpaired) electrons. The minimum absolute atomic E-state index is 0.164. The van der Waals surface area contributed by atoms with E-state index in [2.05, 4.69) is 22.5 Å². The highest BCUT2D eigenvalue weighted by atomic mass is 32.1. The van der Waals surface area contributed by atoms with Crippen molar-refractivity contribution in [1.82, 2.24) is 15.2 Å².